The standard InChI is InChI=1S/C36H31N9O10S3.2Na/c1-19-3-14-29(55-2)28(15-19)43-45-35-31(58(52,53)54)17-20-16-30(57(49,50)51)34(33(39)32(20)36(35)46)44-41-23-7-11-25(12-8-23)56(47,48)24-9-5-22(6-10-24)40-42-27-13-4-21(37)18-26(27)38;;/h3-18,46H,37-39H2,1-2H3,(H,49,50,51)(H,52,53,54);;/q;2*+1/p-2. The Morgan fingerprint density at radius 3 is 1.70 bits per heavy atom. The zero-order valence-electron chi connectivity index (χ0n) is 32.0. The number of anilines is 3. The zero-order chi connectivity index (χ0) is 42.2. The van der Waals surface area contributed by atoms with Crippen LogP contribution in [0.4, 0.5) is 51.2 Å². The largest absolute Gasteiger partial charge is 1.00 e. The van der Waals surface area contributed by atoms with Gasteiger partial charge in [-0.1, -0.05) is 11.8 Å². The summed E-state index contributed by atoms with van der Waals surface area (Å²) in [6.07, 6.45) is 0. The van der Waals surface area contributed by atoms with Gasteiger partial charge in [-0.25, -0.2) is 16.8 Å². The fourth-order valence-electron chi connectivity index (χ4n) is 5.47. The number of fused-ring (bicyclic) bond motifs is 1. The first kappa shape index (κ1) is 47.8. The average Bonchev–Trinajstić information content (AvgIpc) is 3.16. The summed E-state index contributed by atoms with van der Waals surface area (Å²) in [4.78, 5) is -2.37. The second-order valence-corrected chi connectivity index (χ2v) is 17.0. The molecule has 298 valence electrons. The second-order valence-electron chi connectivity index (χ2n) is 12.3. The van der Waals surface area contributed by atoms with Crippen LogP contribution in [-0.4, -0.2) is 41.5 Å². The third kappa shape index (κ3) is 10.4. The third-order valence-electron chi connectivity index (χ3n) is 8.32. The number of rotatable bonds is 11. The summed E-state index contributed by atoms with van der Waals surface area (Å²) in [6, 6.07) is 21.2. The molecule has 0 fully saturated rings. The molecule has 0 radical (unpaired) electrons. The van der Waals surface area contributed by atoms with Crippen molar-refractivity contribution in [3.63, 3.8) is 0 Å². The van der Waals surface area contributed by atoms with Crippen molar-refractivity contribution < 1.29 is 103 Å². The molecule has 0 aromatic heterocycles. The van der Waals surface area contributed by atoms with Gasteiger partial charge < -0.3 is 31.6 Å². The molecule has 24 heteroatoms. The van der Waals surface area contributed by atoms with Crippen LogP contribution in [0.2, 0.25) is 0 Å². The van der Waals surface area contributed by atoms with E-state index < -0.39 is 73.4 Å². The molecule has 6 rings (SSSR count). The van der Waals surface area contributed by atoms with Gasteiger partial charge in [0.2, 0.25) is 9.84 Å². The van der Waals surface area contributed by atoms with E-state index >= 15 is 0 Å². The summed E-state index contributed by atoms with van der Waals surface area (Å²) < 4.78 is 104. The quantitative estimate of drug-likeness (QED) is 0.0616. The molecule has 19 nitrogen and oxygen atoms in total. The van der Waals surface area contributed by atoms with E-state index in [-0.39, 0.29) is 86.0 Å². The SMILES string of the molecule is COc1ccc(C)cc1N=Nc1c(S(=O)(=O)O)cc2cc(S(=O)(=O)[O-])c(N=Nc3ccc(S(=O)(=O)c4ccc(N=Nc5ccc(N)cc5N)cc4)cc3)c(N)c2c1[O-].[Na+].[Na+]. The molecule has 0 saturated heterocycles. The molecule has 6 aromatic rings. The molecule has 7 N–H and O–H groups in total. The number of sulfone groups is 1. The van der Waals surface area contributed by atoms with E-state index in [4.69, 9.17) is 21.9 Å². The molecule has 0 amide bonds. The molecule has 0 bridgehead atoms. The van der Waals surface area contributed by atoms with E-state index in [0.717, 1.165) is 0 Å². The van der Waals surface area contributed by atoms with Crippen LogP contribution < -0.4 is 86.2 Å². The maximum absolute atomic E-state index is 13.8. The average molecular weight is 890 g/mol. The van der Waals surface area contributed by atoms with E-state index in [1.807, 2.05) is 0 Å². The van der Waals surface area contributed by atoms with Crippen molar-refractivity contribution in [2.45, 2.75) is 26.5 Å². The number of hydrogen-bond donors (Lipinski definition) is 4. The van der Waals surface area contributed by atoms with Crippen molar-refractivity contribution in [2.24, 2.45) is 30.7 Å². The van der Waals surface area contributed by atoms with Gasteiger partial charge in [-0.05, 0) is 109 Å². The van der Waals surface area contributed by atoms with Crippen molar-refractivity contribution in [2.75, 3.05) is 24.3 Å². The Labute approximate surface area is 387 Å². The van der Waals surface area contributed by atoms with E-state index in [2.05, 4.69) is 30.7 Å². The number of ether oxygens (including phenoxy) is 1. The predicted octanol–water partition coefficient (Wildman–Crippen LogP) is 1.21. The summed E-state index contributed by atoms with van der Waals surface area (Å²) >= 11 is 0. The maximum atomic E-state index is 13.8. The van der Waals surface area contributed by atoms with E-state index in [1.54, 1.807) is 31.2 Å². The van der Waals surface area contributed by atoms with Crippen molar-refractivity contribution in [1.29, 1.82) is 0 Å². The number of hydrogen-bond acceptors (Lipinski definition) is 18. The molecule has 60 heavy (non-hydrogen) atoms. The first-order valence-corrected chi connectivity index (χ1v) is 20.6. The normalized spacial score (nSPS) is 12.2. The molecule has 0 saturated carbocycles. The van der Waals surface area contributed by atoms with Gasteiger partial charge >= 0.3 is 59.1 Å². The number of azo groups is 3. The van der Waals surface area contributed by atoms with Gasteiger partial charge in [0, 0.05) is 11.1 Å². The summed E-state index contributed by atoms with van der Waals surface area (Å²) in [5.41, 5.74) is 17.7. The molecule has 0 spiro atoms. The molecule has 0 aliphatic heterocycles. The Kier molecular flexibility index (Phi) is 15.0. The number of nitrogens with two attached hydrogens (primary N) is 3. The van der Waals surface area contributed by atoms with Gasteiger partial charge in [0.1, 0.15) is 37.8 Å². The summed E-state index contributed by atoms with van der Waals surface area (Å²) in [5, 5.41) is 36.4. The van der Waals surface area contributed by atoms with Crippen LogP contribution in [0.3, 0.4) is 0 Å². The number of aryl methyl sites for hydroxylation is 1. The van der Waals surface area contributed by atoms with Gasteiger partial charge in [-0.3, -0.25) is 4.55 Å². The monoisotopic (exact) mass is 889 g/mol. The molecule has 0 atom stereocenters. The summed E-state index contributed by atoms with van der Waals surface area (Å²) in [5.74, 6) is -1.01. The van der Waals surface area contributed by atoms with E-state index in [0.29, 0.717) is 40.4 Å². The van der Waals surface area contributed by atoms with Crippen molar-refractivity contribution in [3.8, 4) is 11.5 Å². The van der Waals surface area contributed by atoms with Crippen molar-refractivity contribution in [1.82, 2.24) is 0 Å². The molecular formula is C36H29N9Na2O10S3. The first-order valence-electron chi connectivity index (χ1n) is 16.3. The zero-order valence-corrected chi connectivity index (χ0v) is 38.4. The minimum absolute atomic E-state index is 0. The van der Waals surface area contributed by atoms with Crippen LogP contribution in [0.15, 0.2) is 147 Å². The van der Waals surface area contributed by atoms with Gasteiger partial charge in [-0.2, -0.15) is 18.6 Å². The minimum Gasteiger partial charge on any atom is -0.870 e. The fraction of sp³-hybridized carbons (Fsp3) is 0.0556. The second kappa shape index (κ2) is 18.8. The summed E-state index contributed by atoms with van der Waals surface area (Å²) in [7, 11) is -13.3. The Morgan fingerprint density at radius 1 is 0.633 bits per heavy atom. The van der Waals surface area contributed by atoms with Gasteiger partial charge in [0.15, 0.2) is 0 Å². The molecule has 0 aliphatic rings. The maximum Gasteiger partial charge on any atom is 1.00 e. The van der Waals surface area contributed by atoms with Crippen LogP contribution in [0.1, 0.15) is 5.56 Å². The van der Waals surface area contributed by atoms with Crippen LogP contribution in [0.5, 0.6) is 11.5 Å². The van der Waals surface area contributed by atoms with Crippen molar-refractivity contribution >= 4 is 92.0 Å². The van der Waals surface area contributed by atoms with Gasteiger partial charge in [-0.15, -0.1) is 20.5 Å². The fourth-order valence-corrected chi connectivity index (χ4v) is 8.04. The number of benzene rings is 6. The Hall–Kier alpha value is -4.85. The van der Waals surface area contributed by atoms with Gasteiger partial charge in [0.05, 0.1) is 50.2 Å². The number of nitrogens with zero attached hydrogens (tertiary/aromatic N) is 6. The topological polar surface area (TPSA) is 330 Å². The summed E-state index contributed by atoms with van der Waals surface area (Å²) in [6.45, 7) is 1.73. The van der Waals surface area contributed by atoms with E-state index in [1.165, 1.54) is 67.8 Å². The molecule has 0 heterocycles. The first-order chi connectivity index (χ1) is 27.3. The van der Waals surface area contributed by atoms with Crippen molar-refractivity contribution in [3.05, 3.63) is 103 Å². The number of methoxy groups -OCH3 is 1. The van der Waals surface area contributed by atoms with E-state index in [9.17, 15) is 39.5 Å². The Bertz CT molecular complexity index is 3060. The van der Waals surface area contributed by atoms with Crippen LogP contribution >= 0.6 is 0 Å². The molecular weight excluding hydrogens is 861 g/mol. The minimum atomic E-state index is -5.42. The van der Waals surface area contributed by atoms with Gasteiger partial charge in [0.25, 0.3) is 10.1 Å². The smallest absolute Gasteiger partial charge is 0.870 e. The molecule has 0 aliphatic carbocycles. The number of nitrogen functional groups attached to an aromatic ring is 3. The van der Waals surface area contributed by atoms with Crippen LogP contribution in [0.25, 0.3) is 10.8 Å². The third-order valence-corrected chi connectivity index (χ3v) is 11.8. The Morgan fingerprint density at radius 2 is 1.17 bits per heavy atom. The molecule has 0 unspecified atom stereocenters. The van der Waals surface area contributed by atoms with Crippen LogP contribution in [0, 0.1) is 6.92 Å². The van der Waals surface area contributed by atoms with Crippen LogP contribution in [-0.2, 0) is 30.1 Å². The molecule has 6 aromatic carbocycles. The Balaban J connectivity index is 0.00000397. The predicted molar refractivity (Wildman–Crippen MR) is 209 cm³/mol.